The summed E-state index contributed by atoms with van der Waals surface area (Å²) in [6.45, 7) is 2.28. The van der Waals surface area contributed by atoms with Crippen LogP contribution in [0.1, 0.15) is 41.6 Å². The molecule has 2 rings (SSSR count). The fraction of sp³-hybridized carbons (Fsp3) is 0.500. The predicted octanol–water partition coefficient (Wildman–Crippen LogP) is 3.27. The van der Waals surface area contributed by atoms with E-state index in [9.17, 15) is 14.7 Å². The van der Waals surface area contributed by atoms with Crippen molar-refractivity contribution in [2.45, 2.75) is 32.6 Å². The van der Waals surface area contributed by atoms with Crippen molar-refractivity contribution in [2.75, 3.05) is 6.54 Å². The molecule has 0 aromatic heterocycles. The summed E-state index contributed by atoms with van der Waals surface area (Å²) in [6, 6.07) is 5.19. The molecular formula is C16H20ClNO3. The van der Waals surface area contributed by atoms with E-state index in [1.807, 2.05) is 6.92 Å². The summed E-state index contributed by atoms with van der Waals surface area (Å²) in [5.74, 6) is -1.29. The molecule has 1 saturated carbocycles. The predicted molar refractivity (Wildman–Crippen MR) is 81.6 cm³/mol. The van der Waals surface area contributed by atoms with E-state index in [0.29, 0.717) is 23.6 Å². The van der Waals surface area contributed by atoms with Crippen LogP contribution in [0.25, 0.3) is 0 Å². The average molecular weight is 310 g/mol. The summed E-state index contributed by atoms with van der Waals surface area (Å²) in [5, 5.41) is 12.6. The molecule has 2 N–H and O–H groups in total. The summed E-state index contributed by atoms with van der Waals surface area (Å²) in [5.41, 5.74) is 1.44. The highest BCUT2D eigenvalue weighted by Gasteiger charge is 2.30. The Morgan fingerprint density at radius 3 is 2.67 bits per heavy atom. The highest BCUT2D eigenvalue weighted by molar-refractivity contribution is 6.31. The van der Waals surface area contributed by atoms with Gasteiger partial charge in [-0.25, -0.2) is 0 Å². The number of amides is 1. The maximum absolute atomic E-state index is 12.2. The standard InChI is InChI=1S/C16H20ClNO3/c1-10-6-12(8-13(17)7-10)15(19)18-9-11-4-2-3-5-14(11)16(20)21/h6-8,11,14H,2-5,9H2,1H3,(H,18,19)(H,20,21). The van der Waals surface area contributed by atoms with Gasteiger partial charge in [0, 0.05) is 17.1 Å². The first-order valence-corrected chi connectivity index (χ1v) is 7.63. The lowest BCUT2D eigenvalue weighted by atomic mass is 9.79. The van der Waals surface area contributed by atoms with Crippen LogP contribution in [0.5, 0.6) is 0 Å². The minimum absolute atomic E-state index is 0.0143. The summed E-state index contributed by atoms with van der Waals surface area (Å²) in [6.07, 6.45) is 3.54. The van der Waals surface area contributed by atoms with Crippen molar-refractivity contribution in [1.29, 1.82) is 0 Å². The number of carboxylic acids is 1. The average Bonchev–Trinajstić information content (AvgIpc) is 2.43. The van der Waals surface area contributed by atoms with Crippen LogP contribution < -0.4 is 5.32 Å². The molecule has 1 fully saturated rings. The first-order valence-electron chi connectivity index (χ1n) is 7.25. The summed E-state index contributed by atoms with van der Waals surface area (Å²) >= 11 is 5.95. The van der Waals surface area contributed by atoms with Crippen molar-refractivity contribution in [3.05, 3.63) is 34.3 Å². The molecule has 0 radical (unpaired) electrons. The Bertz CT molecular complexity index is 524. The van der Waals surface area contributed by atoms with Crippen molar-refractivity contribution in [2.24, 2.45) is 11.8 Å². The lowest BCUT2D eigenvalue weighted by Crippen LogP contribution is -2.37. The van der Waals surface area contributed by atoms with Gasteiger partial charge in [-0.15, -0.1) is 0 Å². The zero-order valence-corrected chi connectivity index (χ0v) is 12.8. The number of carboxylic acid groups (broad SMARTS) is 1. The number of aliphatic carboxylic acids is 1. The largest absolute Gasteiger partial charge is 0.481 e. The Labute approximate surface area is 129 Å². The number of hydrogen-bond donors (Lipinski definition) is 2. The van der Waals surface area contributed by atoms with Crippen molar-refractivity contribution < 1.29 is 14.7 Å². The third-order valence-corrected chi connectivity index (χ3v) is 4.27. The Morgan fingerprint density at radius 1 is 1.29 bits per heavy atom. The number of halogens is 1. The summed E-state index contributed by atoms with van der Waals surface area (Å²) in [7, 11) is 0. The van der Waals surface area contributed by atoms with Crippen LogP contribution in [0, 0.1) is 18.8 Å². The van der Waals surface area contributed by atoms with E-state index in [1.165, 1.54) is 0 Å². The van der Waals surface area contributed by atoms with Crippen LogP contribution in [-0.2, 0) is 4.79 Å². The number of nitrogens with one attached hydrogen (secondary N) is 1. The maximum Gasteiger partial charge on any atom is 0.306 e. The molecule has 1 aliphatic rings. The van der Waals surface area contributed by atoms with Crippen LogP contribution in [0.15, 0.2) is 18.2 Å². The quantitative estimate of drug-likeness (QED) is 0.897. The molecular weight excluding hydrogens is 290 g/mol. The smallest absolute Gasteiger partial charge is 0.306 e. The number of carbonyl (C=O) groups is 2. The topological polar surface area (TPSA) is 66.4 Å². The third-order valence-electron chi connectivity index (χ3n) is 4.06. The fourth-order valence-electron chi connectivity index (χ4n) is 2.97. The Morgan fingerprint density at radius 2 is 2.00 bits per heavy atom. The van der Waals surface area contributed by atoms with Gasteiger partial charge in [0.25, 0.3) is 5.91 Å². The monoisotopic (exact) mass is 309 g/mol. The summed E-state index contributed by atoms with van der Waals surface area (Å²) in [4.78, 5) is 23.4. The van der Waals surface area contributed by atoms with E-state index >= 15 is 0 Å². The number of aryl methyl sites for hydroxylation is 1. The number of rotatable bonds is 4. The molecule has 1 aliphatic carbocycles. The van der Waals surface area contributed by atoms with Gasteiger partial charge in [0.1, 0.15) is 0 Å². The SMILES string of the molecule is Cc1cc(Cl)cc(C(=O)NCC2CCCCC2C(=O)O)c1. The van der Waals surface area contributed by atoms with Crippen LogP contribution in [0.2, 0.25) is 5.02 Å². The normalized spacial score (nSPS) is 21.8. The molecule has 1 aromatic carbocycles. The van der Waals surface area contributed by atoms with Crippen LogP contribution in [0.3, 0.4) is 0 Å². The molecule has 2 atom stereocenters. The molecule has 0 aliphatic heterocycles. The van der Waals surface area contributed by atoms with Crippen molar-refractivity contribution in [1.82, 2.24) is 5.32 Å². The van der Waals surface area contributed by atoms with Gasteiger partial charge in [-0.05, 0) is 49.4 Å². The first-order chi connectivity index (χ1) is 9.97. The molecule has 0 saturated heterocycles. The Hall–Kier alpha value is -1.55. The van der Waals surface area contributed by atoms with Gasteiger partial charge in [-0.2, -0.15) is 0 Å². The maximum atomic E-state index is 12.2. The summed E-state index contributed by atoms with van der Waals surface area (Å²) < 4.78 is 0. The van der Waals surface area contributed by atoms with Gasteiger partial charge in [0.15, 0.2) is 0 Å². The highest BCUT2D eigenvalue weighted by atomic mass is 35.5. The highest BCUT2D eigenvalue weighted by Crippen LogP contribution is 2.29. The minimum atomic E-state index is -0.757. The number of hydrogen-bond acceptors (Lipinski definition) is 2. The fourth-order valence-corrected chi connectivity index (χ4v) is 3.26. The molecule has 114 valence electrons. The van der Waals surface area contributed by atoms with E-state index in [0.717, 1.165) is 24.8 Å². The van der Waals surface area contributed by atoms with Gasteiger partial charge in [-0.3, -0.25) is 9.59 Å². The molecule has 0 bridgehead atoms. The molecule has 0 spiro atoms. The van der Waals surface area contributed by atoms with Gasteiger partial charge in [0.05, 0.1) is 5.92 Å². The van der Waals surface area contributed by atoms with Crippen LogP contribution >= 0.6 is 11.6 Å². The van der Waals surface area contributed by atoms with E-state index < -0.39 is 5.97 Å². The molecule has 2 unspecified atom stereocenters. The number of benzene rings is 1. The lowest BCUT2D eigenvalue weighted by Gasteiger charge is -2.28. The second kappa shape index (κ2) is 6.94. The third kappa shape index (κ3) is 4.21. The van der Waals surface area contributed by atoms with Crippen LogP contribution in [0.4, 0.5) is 0 Å². The zero-order valence-electron chi connectivity index (χ0n) is 12.1. The molecule has 4 nitrogen and oxygen atoms in total. The van der Waals surface area contributed by atoms with Gasteiger partial charge < -0.3 is 10.4 Å². The molecule has 0 heterocycles. The Kier molecular flexibility index (Phi) is 5.23. The molecule has 21 heavy (non-hydrogen) atoms. The Balaban J connectivity index is 1.98. The van der Waals surface area contributed by atoms with Crippen LogP contribution in [-0.4, -0.2) is 23.5 Å². The molecule has 5 heteroatoms. The van der Waals surface area contributed by atoms with Gasteiger partial charge >= 0.3 is 5.97 Å². The van der Waals surface area contributed by atoms with E-state index in [2.05, 4.69) is 5.32 Å². The first kappa shape index (κ1) is 15.8. The lowest BCUT2D eigenvalue weighted by molar-refractivity contribution is -0.144. The number of carbonyl (C=O) groups excluding carboxylic acids is 1. The zero-order chi connectivity index (χ0) is 15.4. The van der Waals surface area contributed by atoms with Gasteiger partial charge in [0.2, 0.25) is 0 Å². The molecule has 1 aromatic rings. The minimum Gasteiger partial charge on any atom is -0.481 e. The second-order valence-corrected chi connectivity index (χ2v) is 6.15. The van der Waals surface area contributed by atoms with E-state index in [-0.39, 0.29) is 17.7 Å². The van der Waals surface area contributed by atoms with Crippen molar-refractivity contribution >= 4 is 23.5 Å². The second-order valence-electron chi connectivity index (χ2n) is 5.72. The van der Waals surface area contributed by atoms with E-state index in [4.69, 9.17) is 11.6 Å². The van der Waals surface area contributed by atoms with Crippen molar-refractivity contribution in [3.63, 3.8) is 0 Å². The van der Waals surface area contributed by atoms with Gasteiger partial charge in [-0.1, -0.05) is 24.4 Å². The molecule has 1 amide bonds. The van der Waals surface area contributed by atoms with Crippen molar-refractivity contribution in [3.8, 4) is 0 Å². The van der Waals surface area contributed by atoms with E-state index in [1.54, 1.807) is 18.2 Å².